The number of amides is 2. The van der Waals surface area contributed by atoms with E-state index < -0.39 is 0 Å². The number of nitrogens with one attached hydrogen (secondary N) is 1. The van der Waals surface area contributed by atoms with Crippen LogP contribution < -0.4 is 10.2 Å². The van der Waals surface area contributed by atoms with Crippen LogP contribution in [0.15, 0.2) is 48.5 Å². The summed E-state index contributed by atoms with van der Waals surface area (Å²) >= 11 is 7.82. The quantitative estimate of drug-likeness (QED) is 0.567. The number of fused-ring (bicyclic) bond motifs is 1. The molecule has 1 aromatic heterocycles. The second-order valence-corrected chi connectivity index (χ2v) is 10.2. The van der Waals surface area contributed by atoms with Crippen LogP contribution in [0.25, 0.3) is 10.1 Å². The average molecular weight is 456 g/mol. The second kappa shape index (κ2) is 8.52. The summed E-state index contributed by atoms with van der Waals surface area (Å²) in [6.45, 7) is 8.91. The van der Waals surface area contributed by atoms with Gasteiger partial charge >= 0.3 is 0 Å². The predicted octanol–water partition coefficient (Wildman–Crippen LogP) is 5.50. The number of nitrogens with zero attached hydrogens (tertiary/aromatic N) is 2. The molecule has 1 fully saturated rings. The fourth-order valence-corrected chi connectivity index (χ4v) is 5.16. The molecule has 2 heterocycles. The number of anilines is 2. The van der Waals surface area contributed by atoms with E-state index in [0.717, 1.165) is 47.6 Å². The molecule has 0 radical (unpaired) electrons. The molecule has 1 N–H and O–H groups in total. The van der Waals surface area contributed by atoms with Gasteiger partial charge in [0.1, 0.15) is 4.88 Å². The van der Waals surface area contributed by atoms with Gasteiger partial charge in [0.15, 0.2) is 0 Å². The largest absolute Gasteiger partial charge is 0.368 e. The molecule has 0 aliphatic carbocycles. The van der Waals surface area contributed by atoms with Crippen LogP contribution in [0.2, 0.25) is 5.02 Å². The molecule has 0 spiro atoms. The monoisotopic (exact) mass is 455 g/mol. The second-order valence-electron chi connectivity index (χ2n) is 8.77. The Labute approximate surface area is 191 Å². The molecule has 31 heavy (non-hydrogen) atoms. The average Bonchev–Trinajstić information content (AvgIpc) is 3.10. The first-order valence-corrected chi connectivity index (χ1v) is 11.6. The van der Waals surface area contributed by atoms with Crippen molar-refractivity contribution in [1.29, 1.82) is 0 Å². The summed E-state index contributed by atoms with van der Waals surface area (Å²) in [5.41, 5.74) is 1.46. The number of halogens is 1. The maximum atomic E-state index is 12.7. The van der Waals surface area contributed by atoms with E-state index in [1.165, 1.54) is 11.3 Å². The highest BCUT2D eigenvalue weighted by atomic mass is 35.5. The summed E-state index contributed by atoms with van der Waals surface area (Å²) < 4.78 is 0.997. The summed E-state index contributed by atoms with van der Waals surface area (Å²) in [6, 6.07) is 15.6. The van der Waals surface area contributed by atoms with Gasteiger partial charge in [-0.25, -0.2) is 0 Å². The van der Waals surface area contributed by atoms with Crippen LogP contribution in [0.1, 0.15) is 30.4 Å². The van der Waals surface area contributed by atoms with Crippen molar-refractivity contribution in [3.63, 3.8) is 0 Å². The van der Waals surface area contributed by atoms with Gasteiger partial charge in [-0.1, -0.05) is 50.6 Å². The lowest BCUT2D eigenvalue weighted by atomic mass is 9.94. The lowest BCUT2D eigenvalue weighted by Gasteiger charge is -2.38. The number of benzene rings is 2. The molecule has 162 valence electrons. The molecule has 1 saturated heterocycles. The Bertz CT molecular complexity index is 1110. The van der Waals surface area contributed by atoms with E-state index >= 15 is 0 Å². The zero-order chi connectivity index (χ0) is 22.2. The smallest absolute Gasteiger partial charge is 0.267 e. The molecule has 2 aromatic carbocycles. The van der Waals surface area contributed by atoms with Crippen LogP contribution in [0.4, 0.5) is 11.4 Å². The maximum Gasteiger partial charge on any atom is 0.267 e. The van der Waals surface area contributed by atoms with Crippen LogP contribution in [0.5, 0.6) is 0 Å². The molecule has 0 atom stereocenters. The third kappa shape index (κ3) is 4.55. The Morgan fingerprint density at radius 1 is 0.968 bits per heavy atom. The highest BCUT2D eigenvalue weighted by Gasteiger charge is 2.29. The lowest BCUT2D eigenvalue weighted by Crippen LogP contribution is -2.51. The predicted molar refractivity (Wildman–Crippen MR) is 129 cm³/mol. The first-order valence-electron chi connectivity index (χ1n) is 10.4. The summed E-state index contributed by atoms with van der Waals surface area (Å²) in [4.78, 5) is 29.9. The number of carbonyl (C=O) groups excluding carboxylic acids is 2. The van der Waals surface area contributed by atoms with Crippen molar-refractivity contribution in [3.05, 3.63) is 58.4 Å². The Kier molecular flexibility index (Phi) is 5.95. The molecule has 1 aliphatic heterocycles. The van der Waals surface area contributed by atoms with Crippen molar-refractivity contribution in [2.24, 2.45) is 5.41 Å². The lowest BCUT2D eigenvalue weighted by molar-refractivity contribution is -0.139. The number of piperazine rings is 1. The summed E-state index contributed by atoms with van der Waals surface area (Å²) in [5.74, 6) is -0.00151. The number of carbonyl (C=O) groups is 2. The molecule has 0 saturated carbocycles. The van der Waals surface area contributed by atoms with Crippen molar-refractivity contribution in [2.45, 2.75) is 20.8 Å². The number of thiophene rings is 1. The zero-order valence-corrected chi connectivity index (χ0v) is 19.5. The molecule has 1 aliphatic rings. The van der Waals surface area contributed by atoms with Crippen LogP contribution in [0, 0.1) is 5.41 Å². The number of hydrogen-bond acceptors (Lipinski definition) is 4. The van der Waals surface area contributed by atoms with Crippen LogP contribution in [0.3, 0.4) is 0 Å². The van der Waals surface area contributed by atoms with Crippen molar-refractivity contribution in [3.8, 4) is 0 Å². The van der Waals surface area contributed by atoms with Gasteiger partial charge in [-0.05, 0) is 30.3 Å². The minimum atomic E-state index is -0.348. The minimum Gasteiger partial charge on any atom is -0.368 e. The Balaban J connectivity index is 1.39. The van der Waals surface area contributed by atoms with E-state index in [-0.39, 0.29) is 17.2 Å². The molecule has 7 heteroatoms. The van der Waals surface area contributed by atoms with E-state index in [4.69, 9.17) is 11.6 Å². The standard InChI is InChI=1S/C24H26ClN3O2S/c1-24(2,3)23(30)28-14-12-27(13-15-28)17-10-8-16(9-11-17)26-22(29)21-20(25)18-6-4-5-7-19(18)31-21/h4-11H,12-15H2,1-3H3,(H,26,29). The highest BCUT2D eigenvalue weighted by molar-refractivity contribution is 7.21. The van der Waals surface area contributed by atoms with Crippen molar-refractivity contribution < 1.29 is 9.59 Å². The maximum absolute atomic E-state index is 12.7. The van der Waals surface area contributed by atoms with Gasteiger partial charge in [-0.3, -0.25) is 9.59 Å². The van der Waals surface area contributed by atoms with Crippen molar-refractivity contribution in [2.75, 3.05) is 36.4 Å². The fourth-order valence-electron chi connectivity index (χ4n) is 3.75. The topological polar surface area (TPSA) is 52.7 Å². The zero-order valence-electron chi connectivity index (χ0n) is 17.9. The molecule has 4 rings (SSSR count). The highest BCUT2D eigenvalue weighted by Crippen LogP contribution is 2.35. The Morgan fingerprint density at radius 3 is 2.23 bits per heavy atom. The van der Waals surface area contributed by atoms with Gasteiger partial charge in [0.25, 0.3) is 5.91 Å². The van der Waals surface area contributed by atoms with E-state index in [2.05, 4.69) is 10.2 Å². The van der Waals surface area contributed by atoms with Crippen LogP contribution >= 0.6 is 22.9 Å². The van der Waals surface area contributed by atoms with Gasteiger partial charge in [0.05, 0.1) is 5.02 Å². The van der Waals surface area contributed by atoms with Crippen LogP contribution in [-0.4, -0.2) is 42.9 Å². The first-order chi connectivity index (χ1) is 14.7. The molecule has 3 aromatic rings. The van der Waals surface area contributed by atoms with Gasteiger partial charge < -0.3 is 15.1 Å². The van der Waals surface area contributed by atoms with Crippen molar-refractivity contribution >= 4 is 56.2 Å². The molecular weight excluding hydrogens is 430 g/mol. The van der Waals surface area contributed by atoms with Gasteiger partial charge in [0.2, 0.25) is 5.91 Å². The normalized spacial score (nSPS) is 14.7. The minimum absolute atomic E-state index is 0.199. The van der Waals surface area contributed by atoms with Crippen LogP contribution in [-0.2, 0) is 4.79 Å². The van der Waals surface area contributed by atoms with E-state index in [9.17, 15) is 9.59 Å². The first kappa shape index (κ1) is 21.7. The van der Waals surface area contributed by atoms with Crippen molar-refractivity contribution in [1.82, 2.24) is 4.90 Å². The Hall–Kier alpha value is -2.57. The molecule has 0 unspecified atom stereocenters. The third-order valence-corrected chi connectivity index (χ3v) is 7.11. The van der Waals surface area contributed by atoms with Gasteiger partial charge in [-0.15, -0.1) is 11.3 Å². The van der Waals surface area contributed by atoms with Gasteiger partial charge in [0, 0.05) is 53.1 Å². The number of hydrogen-bond donors (Lipinski definition) is 1. The SMILES string of the molecule is CC(C)(C)C(=O)N1CCN(c2ccc(NC(=O)c3sc4ccccc4c3Cl)cc2)CC1. The summed E-state index contributed by atoms with van der Waals surface area (Å²) in [7, 11) is 0. The summed E-state index contributed by atoms with van der Waals surface area (Å²) in [6.07, 6.45) is 0. The molecule has 0 bridgehead atoms. The third-order valence-electron chi connectivity index (χ3n) is 5.44. The van der Waals surface area contributed by atoms with Gasteiger partial charge in [-0.2, -0.15) is 0 Å². The molecule has 2 amide bonds. The van der Waals surface area contributed by atoms with E-state index in [1.54, 1.807) is 0 Å². The van der Waals surface area contributed by atoms with E-state index in [1.807, 2.05) is 74.2 Å². The Morgan fingerprint density at radius 2 is 1.61 bits per heavy atom. The summed E-state index contributed by atoms with van der Waals surface area (Å²) in [5, 5.41) is 4.34. The fraction of sp³-hybridized carbons (Fsp3) is 0.333. The number of rotatable bonds is 3. The molecular formula is C24H26ClN3O2S. The molecule has 5 nitrogen and oxygen atoms in total. The van der Waals surface area contributed by atoms with E-state index in [0.29, 0.717) is 9.90 Å².